The lowest BCUT2D eigenvalue weighted by molar-refractivity contribution is 0.303. The number of methoxy groups -OCH3 is 1. The van der Waals surface area contributed by atoms with Crippen LogP contribution in [0.3, 0.4) is 0 Å². The summed E-state index contributed by atoms with van der Waals surface area (Å²) in [6.45, 7) is 1.87. The minimum absolute atomic E-state index is 0.346. The van der Waals surface area contributed by atoms with Crippen LogP contribution < -0.4 is 15.4 Å². The average Bonchev–Trinajstić information content (AvgIpc) is 2.79. The monoisotopic (exact) mass is 372 g/mol. The van der Waals surface area contributed by atoms with Gasteiger partial charge in [0.1, 0.15) is 5.75 Å². The van der Waals surface area contributed by atoms with Gasteiger partial charge < -0.3 is 15.4 Å². The molecule has 3 nitrogen and oxygen atoms in total. The molecular weight excluding hydrogens is 344 g/mol. The predicted molar refractivity (Wildman–Crippen MR) is 115 cm³/mol. The molecule has 0 radical (unpaired) electrons. The van der Waals surface area contributed by atoms with Gasteiger partial charge in [-0.05, 0) is 48.2 Å². The molecule has 2 N–H and O–H groups in total. The Kier molecular flexibility index (Phi) is 6.05. The molecule has 2 atom stereocenters. The molecule has 1 aliphatic heterocycles. The van der Waals surface area contributed by atoms with E-state index >= 15 is 0 Å². The maximum Gasteiger partial charge on any atom is 0.123 e. The molecule has 0 aromatic heterocycles. The first-order valence-electron chi connectivity index (χ1n) is 10.1. The maximum atomic E-state index is 5.63. The number of hydrogen-bond acceptors (Lipinski definition) is 3. The highest BCUT2D eigenvalue weighted by molar-refractivity contribution is 5.65. The fourth-order valence-electron chi connectivity index (χ4n) is 4.09. The number of rotatable bonds is 6. The van der Waals surface area contributed by atoms with Crippen molar-refractivity contribution in [2.75, 3.05) is 13.7 Å². The van der Waals surface area contributed by atoms with Gasteiger partial charge in [-0.25, -0.2) is 0 Å². The molecule has 28 heavy (non-hydrogen) atoms. The first-order chi connectivity index (χ1) is 13.8. The molecule has 1 saturated heterocycles. The zero-order valence-corrected chi connectivity index (χ0v) is 16.4. The third-order valence-electron chi connectivity index (χ3n) is 5.56. The van der Waals surface area contributed by atoms with Crippen molar-refractivity contribution < 1.29 is 4.74 Å². The van der Waals surface area contributed by atoms with E-state index in [1.165, 1.54) is 35.1 Å². The number of hydrogen-bond donors (Lipinski definition) is 2. The van der Waals surface area contributed by atoms with Gasteiger partial charge in [0.2, 0.25) is 0 Å². The summed E-state index contributed by atoms with van der Waals surface area (Å²) in [7, 11) is 1.75. The summed E-state index contributed by atoms with van der Waals surface area (Å²) in [5.41, 5.74) is 5.00. The third kappa shape index (κ3) is 4.27. The van der Waals surface area contributed by atoms with E-state index in [0.717, 1.165) is 18.8 Å². The molecule has 3 aromatic carbocycles. The number of nitrogens with one attached hydrogen (secondary N) is 2. The van der Waals surface area contributed by atoms with Crippen molar-refractivity contribution in [3.05, 3.63) is 90.0 Å². The standard InChI is InChI=1S/C25H28N2O/c1-28-24-15-14-21(19-9-4-2-5-10-19)17-22(24)18-27-23-13-8-16-26-25(23)20-11-6-3-7-12-20/h2-7,9-12,14-15,17,23,25-27H,8,13,16,18H2,1H3. The summed E-state index contributed by atoms with van der Waals surface area (Å²) in [4.78, 5) is 0. The van der Waals surface area contributed by atoms with Gasteiger partial charge in [0, 0.05) is 24.2 Å². The lowest BCUT2D eigenvalue weighted by Crippen LogP contribution is -2.45. The zero-order valence-electron chi connectivity index (χ0n) is 16.4. The largest absolute Gasteiger partial charge is 0.496 e. The first-order valence-corrected chi connectivity index (χ1v) is 10.1. The molecule has 0 bridgehead atoms. The second kappa shape index (κ2) is 9.05. The SMILES string of the molecule is COc1ccc(-c2ccccc2)cc1CNC1CCCNC1c1ccccc1. The highest BCUT2D eigenvalue weighted by atomic mass is 16.5. The van der Waals surface area contributed by atoms with Gasteiger partial charge in [0.05, 0.1) is 7.11 Å². The van der Waals surface area contributed by atoms with Gasteiger partial charge in [-0.2, -0.15) is 0 Å². The van der Waals surface area contributed by atoms with Crippen LogP contribution in [0.2, 0.25) is 0 Å². The van der Waals surface area contributed by atoms with Gasteiger partial charge in [0.15, 0.2) is 0 Å². The van der Waals surface area contributed by atoms with Gasteiger partial charge in [-0.1, -0.05) is 66.7 Å². The number of piperidine rings is 1. The third-order valence-corrected chi connectivity index (χ3v) is 5.56. The lowest BCUT2D eigenvalue weighted by atomic mass is 9.92. The Morgan fingerprint density at radius 3 is 2.43 bits per heavy atom. The summed E-state index contributed by atoms with van der Waals surface area (Å²) in [6.07, 6.45) is 2.37. The second-order valence-corrected chi connectivity index (χ2v) is 7.36. The van der Waals surface area contributed by atoms with Crippen LogP contribution in [0, 0.1) is 0 Å². The summed E-state index contributed by atoms with van der Waals surface area (Å²) in [6, 6.07) is 28.5. The maximum absolute atomic E-state index is 5.63. The molecule has 0 aliphatic carbocycles. The highest BCUT2D eigenvalue weighted by Crippen LogP contribution is 2.28. The molecular formula is C25H28N2O. The van der Waals surface area contributed by atoms with Crippen LogP contribution in [0.25, 0.3) is 11.1 Å². The van der Waals surface area contributed by atoms with E-state index in [1.807, 2.05) is 0 Å². The Labute approximate surface area is 167 Å². The van der Waals surface area contributed by atoms with Crippen LogP contribution in [0.5, 0.6) is 5.75 Å². The minimum Gasteiger partial charge on any atom is -0.496 e. The van der Waals surface area contributed by atoms with E-state index < -0.39 is 0 Å². The molecule has 2 unspecified atom stereocenters. The molecule has 3 heteroatoms. The Balaban J connectivity index is 1.53. The van der Waals surface area contributed by atoms with Crippen molar-refractivity contribution >= 4 is 0 Å². The van der Waals surface area contributed by atoms with Crippen LogP contribution in [0.1, 0.15) is 30.0 Å². The van der Waals surface area contributed by atoms with E-state index in [1.54, 1.807) is 7.11 Å². The normalized spacial score (nSPS) is 19.3. The second-order valence-electron chi connectivity index (χ2n) is 7.36. The van der Waals surface area contributed by atoms with Crippen molar-refractivity contribution in [1.82, 2.24) is 10.6 Å². The molecule has 0 amide bonds. The van der Waals surface area contributed by atoms with E-state index in [2.05, 4.69) is 89.5 Å². The topological polar surface area (TPSA) is 33.3 Å². The Bertz CT molecular complexity index is 880. The smallest absolute Gasteiger partial charge is 0.123 e. The molecule has 144 valence electrons. The van der Waals surface area contributed by atoms with Crippen molar-refractivity contribution in [3.8, 4) is 16.9 Å². The Morgan fingerprint density at radius 1 is 0.929 bits per heavy atom. The van der Waals surface area contributed by atoms with E-state index in [4.69, 9.17) is 4.74 Å². The predicted octanol–water partition coefficient (Wildman–Crippen LogP) is 4.95. The Hall–Kier alpha value is -2.62. The summed E-state index contributed by atoms with van der Waals surface area (Å²) in [5, 5.41) is 7.49. The minimum atomic E-state index is 0.346. The fourth-order valence-corrected chi connectivity index (χ4v) is 4.09. The fraction of sp³-hybridized carbons (Fsp3) is 0.280. The Morgan fingerprint density at radius 2 is 1.68 bits per heavy atom. The number of ether oxygens (including phenoxy) is 1. The van der Waals surface area contributed by atoms with Crippen molar-refractivity contribution in [3.63, 3.8) is 0 Å². The van der Waals surface area contributed by atoms with Gasteiger partial charge in [-0.15, -0.1) is 0 Å². The molecule has 1 heterocycles. The molecule has 0 saturated carbocycles. The quantitative estimate of drug-likeness (QED) is 0.643. The lowest BCUT2D eigenvalue weighted by Gasteiger charge is -2.34. The van der Waals surface area contributed by atoms with Crippen LogP contribution >= 0.6 is 0 Å². The highest BCUT2D eigenvalue weighted by Gasteiger charge is 2.25. The van der Waals surface area contributed by atoms with E-state index in [9.17, 15) is 0 Å². The van der Waals surface area contributed by atoms with Crippen molar-refractivity contribution in [1.29, 1.82) is 0 Å². The number of benzene rings is 3. The molecule has 0 spiro atoms. The van der Waals surface area contributed by atoms with Crippen LogP contribution in [-0.2, 0) is 6.54 Å². The van der Waals surface area contributed by atoms with Gasteiger partial charge in [0.25, 0.3) is 0 Å². The molecule has 4 rings (SSSR count). The van der Waals surface area contributed by atoms with E-state index in [-0.39, 0.29) is 0 Å². The van der Waals surface area contributed by atoms with Crippen LogP contribution in [0.4, 0.5) is 0 Å². The summed E-state index contributed by atoms with van der Waals surface area (Å²) < 4.78 is 5.63. The summed E-state index contributed by atoms with van der Waals surface area (Å²) in [5.74, 6) is 0.937. The van der Waals surface area contributed by atoms with Crippen molar-refractivity contribution in [2.24, 2.45) is 0 Å². The van der Waals surface area contributed by atoms with Crippen LogP contribution in [-0.4, -0.2) is 19.7 Å². The average molecular weight is 373 g/mol. The van der Waals surface area contributed by atoms with Crippen molar-refractivity contribution in [2.45, 2.75) is 31.5 Å². The summed E-state index contributed by atoms with van der Waals surface area (Å²) >= 11 is 0. The van der Waals surface area contributed by atoms with Gasteiger partial charge >= 0.3 is 0 Å². The van der Waals surface area contributed by atoms with Crippen LogP contribution in [0.15, 0.2) is 78.9 Å². The zero-order chi connectivity index (χ0) is 19.2. The molecule has 3 aromatic rings. The molecule has 1 fully saturated rings. The molecule has 1 aliphatic rings. The van der Waals surface area contributed by atoms with E-state index in [0.29, 0.717) is 12.1 Å². The first kappa shape index (κ1) is 18.7. The van der Waals surface area contributed by atoms with Gasteiger partial charge in [-0.3, -0.25) is 0 Å².